The van der Waals surface area contributed by atoms with Crippen LogP contribution in [0.2, 0.25) is 0 Å². The molecule has 0 heterocycles. The lowest BCUT2D eigenvalue weighted by Gasteiger charge is -2.21. The van der Waals surface area contributed by atoms with Crippen molar-refractivity contribution in [2.24, 2.45) is 0 Å². The molecule has 7 nitrogen and oxygen atoms in total. The first-order valence-corrected chi connectivity index (χ1v) is 11.4. The maximum Gasteiger partial charge on any atom is 0.322 e. The molecule has 0 aliphatic heterocycles. The maximum absolute atomic E-state index is 13.1. The van der Waals surface area contributed by atoms with Gasteiger partial charge in [0.2, 0.25) is 16.1 Å². The standard InChI is InChI=1S/C24H23FN2O5S/c1-17-8-14-21(15-9-17)33(30,31)27(2)16-22(28)32-23(18-6-4-3-5-7-18)24(29)26-20-12-10-19(25)11-13-20/h3-15,23H,16H2,1-2H3,(H,26,29). The second kappa shape index (κ2) is 10.4. The van der Waals surface area contributed by atoms with E-state index in [9.17, 15) is 22.4 Å². The molecule has 0 aliphatic rings. The zero-order valence-electron chi connectivity index (χ0n) is 18.1. The molecule has 1 unspecified atom stereocenters. The number of aryl methyl sites for hydroxylation is 1. The van der Waals surface area contributed by atoms with Gasteiger partial charge in [-0.2, -0.15) is 4.31 Å². The van der Waals surface area contributed by atoms with Crippen molar-refractivity contribution in [1.29, 1.82) is 0 Å². The minimum Gasteiger partial charge on any atom is -0.446 e. The Bertz CT molecular complexity index is 1210. The lowest BCUT2D eigenvalue weighted by molar-refractivity contribution is -0.154. The van der Waals surface area contributed by atoms with E-state index >= 15 is 0 Å². The quantitative estimate of drug-likeness (QED) is 0.507. The van der Waals surface area contributed by atoms with E-state index in [1.165, 1.54) is 43.4 Å². The fourth-order valence-corrected chi connectivity index (χ4v) is 4.08. The van der Waals surface area contributed by atoms with Crippen LogP contribution in [-0.4, -0.2) is 38.2 Å². The Hall–Kier alpha value is -3.56. The molecule has 0 saturated carbocycles. The monoisotopic (exact) mass is 470 g/mol. The van der Waals surface area contributed by atoms with Crippen LogP contribution in [0.15, 0.2) is 83.8 Å². The topological polar surface area (TPSA) is 92.8 Å². The van der Waals surface area contributed by atoms with Crippen molar-refractivity contribution in [1.82, 2.24) is 4.31 Å². The van der Waals surface area contributed by atoms with Gasteiger partial charge in [-0.25, -0.2) is 12.8 Å². The number of amides is 1. The number of carbonyl (C=O) groups excluding carboxylic acids is 2. The lowest BCUT2D eigenvalue weighted by atomic mass is 10.1. The Labute approximate surface area is 191 Å². The van der Waals surface area contributed by atoms with E-state index in [-0.39, 0.29) is 4.90 Å². The smallest absolute Gasteiger partial charge is 0.322 e. The normalized spacial score (nSPS) is 12.2. The van der Waals surface area contributed by atoms with Crippen LogP contribution < -0.4 is 5.32 Å². The van der Waals surface area contributed by atoms with Crippen LogP contribution in [-0.2, 0) is 24.3 Å². The molecule has 0 radical (unpaired) electrons. The fourth-order valence-electron chi connectivity index (χ4n) is 2.97. The highest BCUT2D eigenvalue weighted by atomic mass is 32.2. The molecule has 1 atom stereocenters. The molecule has 3 aromatic rings. The first-order chi connectivity index (χ1) is 15.7. The van der Waals surface area contributed by atoms with Crippen LogP contribution >= 0.6 is 0 Å². The minimum atomic E-state index is -3.93. The lowest BCUT2D eigenvalue weighted by Crippen LogP contribution is -2.35. The summed E-state index contributed by atoms with van der Waals surface area (Å²) < 4.78 is 44.9. The number of hydrogen-bond acceptors (Lipinski definition) is 5. The molecule has 1 N–H and O–H groups in total. The van der Waals surface area contributed by atoms with Gasteiger partial charge in [-0.1, -0.05) is 48.0 Å². The average molecular weight is 471 g/mol. The molecule has 33 heavy (non-hydrogen) atoms. The summed E-state index contributed by atoms with van der Waals surface area (Å²) in [5, 5.41) is 2.57. The van der Waals surface area contributed by atoms with Crippen LogP contribution in [0.1, 0.15) is 17.2 Å². The zero-order valence-corrected chi connectivity index (χ0v) is 18.9. The van der Waals surface area contributed by atoms with Gasteiger partial charge >= 0.3 is 5.97 Å². The van der Waals surface area contributed by atoms with Gasteiger partial charge in [0.1, 0.15) is 12.4 Å². The summed E-state index contributed by atoms with van der Waals surface area (Å²) >= 11 is 0. The molecular weight excluding hydrogens is 447 g/mol. The predicted octanol–water partition coefficient (Wildman–Crippen LogP) is 3.68. The highest BCUT2D eigenvalue weighted by Crippen LogP contribution is 2.21. The number of nitrogens with zero attached hydrogens (tertiary/aromatic N) is 1. The van der Waals surface area contributed by atoms with E-state index in [1.807, 2.05) is 6.92 Å². The second-order valence-corrected chi connectivity index (χ2v) is 9.40. The number of likely N-dealkylation sites (N-methyl/N-ethyl adjacent to an activating group) is 1. The second-order valence-electron chi connectivity index (χ2n) is 7.35. The number of hydrogen-bond donors (Lipinski definition) is 1. The molecule has 0 saturated heterocycles. The zero-order chi connectivity index (χ0) is 24.0. The number of benzene rings is 3. The van der Waals surface area contributed by atoms with Crippen molar-refractivity contribution in [2.45, 2.75) is 17.9 Å². The minimum absolute atomic E-state index is 0.0389. The summed E-state index contributed by atoms with van der Waals surface area (Å²) in [5.74, 6) is -2.03. The number of ether oxygens (including phenoxy) is 1. The molecule has 0 spiro atoms. The van der Waals surface area contributed by atoms with E-state index in [0.717, 1.165) is 9.87 Å². The number of anilines is 1. The molecule has 0 fully saturated rings. The van der Waals surface area contributed by atoms with Crippen LogP contribution in [0, 0.1) is 12.7 Å². The molecular formula is C24H23FN2O5S. The maximum atomic E-state index is 13.1. The van der Waals surface area contributed by atoms with Crippen molar-refractivity contribution < 1.29 is 27.1 Å². The van der Waals surface area contributed by atoms with E-state index in [1.54, 1.807) is 42.5 Å². The predicted molar refractivity (Wildman–Crippen MR) is 121 cm³/mol. The van der Waals surface area contributed by atoms with Gasteiger partial charge in [0.25, 0.3) is 5.91 Å². The Morgan fingerprint density at radius 1 is 0.970 bits per heavy atom. The van der Waals surface area contributed by atoms with Gasteiger partial charge in [0.05, 0.1) is 4.90 Å². The van der Waals surface area contributed by atoms with E-state index < -0.39 is 40.4 Å². The third-order valence-electron chi connectivity index (χ3n) is 4.78. The largest absolute Gasteiger partial charge is 0.446 e. The van der Waals surface area contributed by atoms with Crippen LogP contribution in [0.3, 0.4) is 0 Å². The fraction of sp³-hybridized carbons (Fsp3) is 0.167. The Morgan fingerprint density at radius 3 is 2.18 bits per heavy atom. The molecule has 9 heteroatoms. The van der Waals surface area contributed by atoms with Crippen molar-refractivity contribution in [3.05, 3.63) is 95.8 Å². The molecule has 3 rings (SSSR count). The van der Waals surface area contributed by atoms with Gasteiger partial charge in [-0.15, -0.1) is 0 Å². The first-order valence-electron chi connectivity index (χ1n) is 10.0. The van der Waals surface area contributed by atoms with Gasteiger partial charge in [-0.05, 0) is 43.3 Å². The van der Waals surface area contributed by atoms with Crippen molar-refractivity contribution in [2.75, 3.05) is 18.9 Å². The summed E-state index contributed by atoms with van der Waals surface area (Å²) in [6.07, 6.45) is -1.33. The van der Waals surface area contributed by atoms with Crippen LogP contribution in [0.5, 0.6) is 0 Å². The van der Waals surface area contributed by atoms with E-state index in [2.05, 4.69) is 5.32 Å². The van der Waals surface area contributed by atoms with E-state index in [0.29, 0.717) is 11.3 Å². The number of esters is 1. The summed E-state index contributed by atoms with van der Waals surface area (Å²) in [7, 11) is -2.67. The highest BCUT2D eigenvalue weighted by molar-refractivity contribution is 7.89. The first kappa shape index (κ1) is 24.1. The Balaban J connectivity index is 1.75. The molecule has 3 aromatic carbocycles. The summed E-state index contributed by atoms with van der Waals surface area (Å²) in [4.78, 5) is 25.5. The summed E-state index contributed by atoms with van der Waals surface area (Å²) in [6.45, 7) is 1.24. The third kappa shape index (κ3) is 6.24. The molecule has 0 bridgehead atoms. The number of halogens is 1. The molecule has 172 valence electrons. The van der Waals surface area contributed by atoms with Crippen LogP contribution in [0.4, 0.5) is 10.1 Å². The highest BCUT2D eigenvalue weighted by Gasteiger charge is 2.28. The van der Waals surface area contributed by atoms with Crippen LogP contribution in [0.25, 0.3) is 0 Å². The van der Waals surface area contributed by atoms with Gasteiger partial charge in [0.15, 0.2) is 0 Å². The van der Waals surface area contributed by atoms with Crippen molar-refractivity contribution in [3.63, 3.8) is 0 Å². The SMILES string of the molecule is Cc1ccc(S(=O)(=O)N(C)CC(=O)OC(C(=O)Nc2ccc(F)cc2)c2ccccc2)cc1. The number of sulfonamides is 1. The van der Waals surface area contributed by atoms with E-state index in [4.69, 9.17) is 4.74 Å². The van der Waals surface area contributed by atoms with Gasteiger partial charge in [-0.3, -0.25) is 9.59 Å². The Kier molecular flexibility index (Phi) is 7.57. The number of carbonyl (C=O) groups is 2. The molecule has 0 aromatic heterocycles. The van der Waals surface area contributed by atoms with Crippen molar-refractivity contribution in [3.8, 4) is 0 Å². The number of rotatable bonds is 8. The molecule has 0 aliphatic carbocycles. The number of nitrogens with one attached hydrogen (secondary N) is 1. The third-order valence-corrected chi connectivity index (χ3v) is 6.60. The Morgan fingerprint density at radius 2 is 1.58 bits per heavy atom. The summed E-state index contributed by atoms with van der Waals surface area (Å²) in [6, 6.07) is 19.6. The average Bonchev–Trinajstić information content (AvgIpc) is 2.79. The van der Waals surface area contributed by atoms with Gasteiger partial charge < -0.3 is 10.1 Å². The summed E-state index contributed by atoms with van der Waals surface area (Å²) in [5.41, 5.74) is 1.61. The van der Waals surface area contributed by atoms with Gasteiger partial charge in [0, 0.05) is 18.3 Å². The molecule has 1 amide bonds. The van der Waals surface area contributed by atoms with Crippen molar-refractivity contribution >= 4 is 27.6 Å².